The van der Waals surface area contributed by atoms with Crippen molar-refractivity contribution in [1.82, 2.24) is 0 Å². The van der Waals surface area contributed by atoms with E-state index in [9.17, 15) is 13.7 Å². The van der Waals surface area contributed by atoms with Crippen LogP contribution in [0.3, 0.4) is 0 Å². The van der Waals surface area contributed by atoms with Crippen LogP contribution in [-0.4, -0.2) is 22.1 Å². The molecule has 0 bridgehead atoms. The summed E-state index contributed by atoms with van der Waals surface area (Å²) < 4.78 is 37.0. The van der Waals surface area contributed by atoms with Gasteiger partial charge in [0.15, 0.2) is 11.5 Å². The Morgan fingerprint density at radius 3 is 2.48 bits per heavy atom. The Kier molecular flexibility index (Phi) is 8.56. The van der Waals surface area contributed by atoms with Crippen LogP contribution < -0.4 is 9.47 Å². The molecule has 2 aromatic carbocycles. The second-order valence-corrected chi connectivity index (χ2v) is 8.72. The van der Waals surface area contributed by atoms with Gasteiger partial charge in [-0.25, -0.2) is 8.42 Å². The smallest absolute Gasteiger partial charge is 0.216 e. The van der Waals surface area contributed by atoms with Gasteiger partial charge in [-0.05, 0) is 42.8 Å². The lowest BCUT2D eigenvalue weighted by Gasteiger charge is -2.14. The minimum Gasteiger partial charge on any atom is -0.493 e. The van der Waals surface area contributed by atoms with Gasteiger partial charge >= 0.3 is 0 Å². The highest BCUT2D eigenvalue weighted by Gasteiger charge is 2.22. The molecule has 0 saturated carbocycles. The van der Waals surface area contributed by atoms with E-state index in [2.05, 4.69) is 6.92 Å². The van der Waals surface area contributed by atoms with Crippen molar-refractivity contribution in [2.75, 3.05) is 13.7 Å². The Morgan fingerprint density at radius 2 is 1.86 bits per heavy atom. The maximum atomic E-state index is 12.9. The highest BCUT2D eigenvalue weighted by Crippen LogP contribution is 2.34. The second-order valence-electron chi connectivity index (χ2n) is 6.37. The van der Waals surface area contributed by atoms with Crippen LogP contribution in [0.4, 0.5) is 0 Å². The van der Waals surface area contributed by atoms with E-state index in [-0.39, 0.29) is 9.80 Å². The van der Waals surface area contributed by atoms with Gasteiger partial charge in [-0.3, -0.25) is 0 Å². The van der Waals surface area contributed by atoms with Crippen LogP contribution >= 0.6 is 11.6 Å². The lowest BCUT2D eigenvalue weighted by Crippen LogP contribution is -2.05. The maximum absolute atomic E-state index is 12.9. The molecule has 0 amide bonds. The SMILES string of the molecule is CCCCCCOc1c(C=C(C#N)S(=O)(=O)c2ccc(Cl)cc2)cccc1OC. The molecule has 2 rings (SSSR count). The fourth-order valence-corrected chi connectivity index (χ4v) is 3.99. The molecule has 29 heavy (non-hydrogen) atoms. The van der Waals surface area contributed by atoms with Gasteiger partial charge in [0.05, 0.1) is 18.6 Å². The minimum absolute atomic E-state index is 0.000342. The number of hydrogen-bond acceptors (Lipinski definition) is 5. The first-order chi connectivity index (χ1) is 13.9. The predicted molar refractivity (Wildman–Crippen MR) is 115 cm³/mol. The summed E-state index contributed by atoms with van der Waals surface area (Å²) in [6.45, 7) is 2.61. The number of halogens is 1. The van der Waals surface area contributed by atoms with E-state index in [4.69, 9.17) is 21.1 Å². The zero-order valence-corrected chi connectivity index (χ0v) is 18.1. The number of hydrogen-bond donors (Lipinski definition) is 0. The third-order valence-corrected chi connectivity index (χ3v) is 6.22. The molecule has 0 N–H and O–H groups in total. The quantitative estimate of drug-likeness (QED) is 0.357. The number of nitrogens with zero attached hydrogens (tertiary/aromatic N) is 1. The van der Waals surface area contributed by atoms with Gasteiger partial charge in [0.1, 0.15) is 11.0 Å². The molecule has 7 heteroatoms. The Balaban J connectivity index is 2.39. The van der Waals surface area contributed by atoms with Gasteiger partial charge in [0, 0.05) is 10.6 Å². The predicted octanol–water partition coefficient (Wildman–Crippen LogP) is 5.65. The van der Waals surface area contributed by atoms with Crippen molar-refractivity contribution in [1.29, 1.82) is 5.26 Å². The van der Waals surface area contributed by atoms with Crippen molar-refractivity contribution >= 4 is 27.5 Å². The van der Waals surface area contributed by atoms with Crippen molar-refractivity contribution in [3.8, 4) is 17.6 Å². The Hall–Kier alpha value is -2.49. The molecular formula is C22H24ClNO4S. The van der Waals surface area contributed by atoms with E-state index in [0.717, 1.165) is 25.7 Å². The fourth-order valence-electron chi connectivity index (χ4n) is 2.72. The Bertz CT molecular complexity index is 992. The van der Waals surface area contributed by atoms with E-state index < -0.39 is 9.84 Å². The number of rotatable bonds is 10. The van der Waals surface area contributed by atoms with E-state index in [0.29, 0.717) is 28.7 Å². The van der Waals surface area contributed by atoms with Gasteiger partial charge in [-0.15, -0.1) is 0 Å². The number of para-hydroxylation sites is 1. The zero-order chi connectivity index (χ0) is 21.3. The summed E-state index contributed by atoms with van der Waals surface area (Å²) in [5.74, 6) is 0.904. The van der Waals surface area contributed by atoms with Crippen LogP contribution in [-0.2, 0) is 9.84 Å². The number of benzene rings is 2. The molecule has 0 saturated heterocycles. The number of unbranched alkanes of at least 4 members (excludes halogenated alkanes) is 3. The first-order valence-corrected chi connectivity index (χ1v) is 11.2. The Morgan fingerprint density at radius 1 is 1.14 bits per heavy atom. The topological polar surface area (TPSA) is 76.4 Å². The second kappa shape index (κ2) is 10.9. The van der Waals surface area contributed by atoms with E-state index in [1.54, 1.807) is 24.3 Å². The summed E-state index contributed by atoms with van der Waals surface area (Å²) >= 11 is 5.83. The van der Waals surface area contributed by atoms with Crippen molar-refractivity contribution in [2.24, 2.45) is 0 Å². The van der Waals surface area contributed by atoms with Gasteiger partial charge in [-0.1, -0.05) is 49.9 Å². The number of nitriles is 1. The molecule has 0 aromatic heterocycles. The normalized spacial score (nSPS) is 11.7. The summed E-state index contributed by atoms with van der Waals surface area (Å²) in [6.07, 6.45) is 5.49. The molecule has 0 aliphatic carbocycles. The van der Waals surface area contributed by atoms with E-state index in [1.807, 2.05) is 0 Å². The monoisotopic (exact) mass is 433 g/mol. The van der Waals surface area contributed by atoms with Gasteiger partial charge in [0.2, 0.25) is 9.84 Å². The summed E-state index contributed by atoms with van der Waals surface area (Å²) in [6, 6.07) is 12.6. The molecular weight excluding hydrogens is 410 g/mol. The lowest BCUT2D eigenvalue weighted by atomic mass is 10.1. The lowest BCUT2D eigenvalue weighted by molar-refractivity contribution is 0.284. The first kappa shape index (κ1) is 22.8. The van der Waals surface area contributed by atoms with Gasteiger partial charge in [-0.2, -0.15) is 5.26 Å². The van der Waals surface area contributed by atoms with E-state index in [1.165, 1.54) is 37.5 Å². The largest absolute Gasteiger partial charge is 0.493 e. The number of ether oxygens (including phenoxy) is 2. The summed E-state index contributed by atoms with van der Waals surface area (Å²) in [4.78, 5) is -0.386. The molecule has 0 spiro atoms. The molecule has 5 nitrogen and oxygen atoms in total. The molecule has 0 aliphatic heterocycles. The molecule has 0 fully saturated rings. The van der Waals surface area contributed by atoms with Crippen molar-refractivity contribution in [3.05, 3.63) is 58.0 Å². The summed E-state index contributed by atoms with van der Waals surface area (Å²) in [7, 11) is -2.47. The van der Waals surface area contributed by atoms with Crippen LogP contribution in [0.15, 0.2) is 52.3 Å². The highest BCUT2D eigenvalue weighted by atomic mass is 35.5. The third kappa shape index (κ3) is 5.99. The summed E-state index contributed by atoms with van der Waals surface area (Å²) in [5, 5.41) is 9.95. The highest BCUT2D eigenvalue weighted by molar-refractivity contribution is 7.95. The maximum Gasteiger partial charge on any atom is 0.216 e. The summed E-state index contributed by atoms with van der Waals surface area (Å²) in [5.41, 5.74) is 0.467. The zero-order valence-electron chi connectivity index (χ0n) is 16.5. The molecule has 2 aromatic rings. The average Bonchev–Trinajstić information content (AvgIpc) is 2.72. The van der Waals surface area contributed by atoms with Crippen LogP contribution in [0.1, 0.15) is 38.2 Å². The van der Waals surface area contributed by atoms with Gasteiger partial charge < -0.3 is 9.47 Å². The third-order valence-electron chi connectivity index (χ3n) is 4.28. The van der Waals surface area contributed by atoms with E-state index >= 15 is 0 Å². The molecule has 0 heterocycles. The molecule has 0 unspecified atom stereocenters. The molecule has 0 radical (unpaired) electrons. The van der Waals surface area contributed by atoms with Crippen LogP contribution in [0.5, 0.6) is 11.5 Å². The molecule has 0 atom stereocenters. The van der Waals surface area contributed by atoms with Crippen LogP contribution in [0, 0.1) is 11.3 Å². The number of sulfone groups is 1. The standard InChI is InChI=1S/C22H24ClNO4S/c1-3-4-5-6-14-28-22-17(8-7-9-21(22)27-2)15-20(16-24)29(25,26)19-12-10-18(23)11-13-19/h7-13,15H,3-6,14H2,1-2H3. The first-order valence-electron chi connectivity index (χ1n) is 9.36. The molecule has 154 valence electrons. The number of methoxy groups -OCH3 is 1. The Labute approximate surface area is 177 Å². The fraction of sp³-hybridized carbons (Fsp3) is 0.318. The number of allylic oxidation sites excluding steroid dienone is 1. The van der Waals surface area contributed by atoms with Crippen molar-refractivity contribution in [2.45, 2.75) is 37.5 Å². The minimum atomic E-state index is -3.99. The van der Waals surface area contributed by atoms with Crippen molar-refractivity contribution in [3.63, 3.8) is 0 Å². The van der Waals surface area contributed by atoms with Crippen LogP contribution in [0.2, 0.25) is 5.02 Å². The van der Waals surface area contributed by atoms with Crippen molar-refractivity contribution < 1.29 is 17.9 Å². The molecule has 0 aliphatic rings. The van der Waals surface area contributed by atoms with Gasteiger partial charge in [0.25, 0.3) is 0 Å². The average molecular weight is 434 g/mol. The van der Waals surface area contributed by atoms with Crippen LogP contribution in [0.25, 0.3) is 6.08 Å².